The molecule has 5 atom stereocenters. The Morgan fingerprint density at radius 2 is 2.04 bits per heavy atom. The monoisotopic (exact) mass is 378 g/mol. The molecule has 0 aromatic carbocycles. The highest BCUT2D eigenvalue weighted by atomic mass is 16.3. The third kappa shape index (κ3) is 7.52. The lowest BCUT2D eigenvalue weighted by molar-refractivity contribution is 0.120. The van der Waals surface area contributed by atoms with Gasteiger partial charge >= 0.3 is 0 Å². The summed E-state index contributed by atoms with van der Waals surface area (Å²) >= 11 is 0. The van der Waals surface area contributed by atoms with Crippen molar-refractivity contribution in [3.05, 3.63) is 30.1 Å². The third-order valence-electron chi connectivity index (χ3n) is 5.31. The molecule has 5 unspecified atom stereocenters. The molecule has 1 aliphatic rings. The molecule has 7 nitrogen and oxygen atoms in total. The molecule has 1 fully saturated rings. The van der Waals surface area contributed by atoms with Crippen LogP contribution in [0.1, 0.15) is 64.1 Å². The summed E-state index contributed by atoms with van der Waals surface area (Å²) in [6, 6.07) is 0. The van der Waals surface area contributed by atoms with Crippen LogP contribution in [0.2, 0.25) is 0 Å². The SMILES string of the molecule is CCCCCC(O)C=CC1C(O)CC(O)C1C/C=C\CCCc1nn[nH]n1. The molecule has 152 valence electrons. The molecule has 0 amide bonds. The fourth-order valence-corrected chi connectivity index (χ4v) is 3.70. The van der Waals surface area contributed by atoms with Crippen molar-refractivity contribution < 1.29 is 15.3 Å². The number of tetrazole rings is 1. The van der Waals surface area contributed by atoms with Crippen molar-refractivity contribution in [2.24, 2.45) is 11.8 Å². The molecule has 0 spiro atoms. The Bertz CT molecular complexity index is 562. The van der Waals surface area contributed by atoms with Gasteiger partial charge in [-0.25, -0.2) is 0 Å². The summed E-state index contributed by atoms with van der Waals surface area (Å²) in [5.41, 5.74) is 0. The van der Waals surface area contributed by atoms with Gasteiger partial charge in [0.2, 0.25) is 0 Å². The lowest BCUT2D eigenvalue weighted by Crippen LogP contribution is -2.20. The van der Waals surface area contributed by atoms with E-state index in [0.717, 1.165) is 57.2 Å². The Kier molecular flexibility index (Phi) is 9.66. The molecule has 27 heavy (non-hydrogen) atoms. The number of aliphatic hydroxyl groups excluding tert-OH is 3. The lowest BCUT2D eigenvalue weighted by Gasteiger charge is -2.19. The molecule has 0 aliphatic heterocycles. The molecule has 1 aliphatic carbocycles. The van der Waals surface area contributed by atoms with E-state index < -0.39 is 18.3 Å². The van der Waals surface area contributed by atoms with Gasteiger partial charge in [-0.2, -0.15) is 5.21 Å². The molecule has 1 aromatic rings. The molecule has 1 saturated carbocycles. The first-order chi connectivity index (χ1) is 13.1. The highest BCUT2D eigenvalue weighted by Gasteiger charge is 2.39. The second-order valence-corrected chi connectivity index (χ2v) is 7.49. The first-order valence-electron chi connectivity index (χ1n) is 10.2. The molecule has 0 radical (unpaired) electrons. The second-order valence-electron chi connectivity index (χ2n) is 7.49. The zero-order valence-electron chi connectivity index (χ0n) is 16.2. The Hall–Kier alpha value is -1.57. The summed E-state index contributed by atoms with van der Waals surface area (Å²) in [4.78, 5) is 0. The largest absolute Gasteiger partial charge is 0.393 e. The summed E-state index contributed by atoms with van der Waals surface area (Å²) in [6.07, 6.45) is 14.2. The molecular formula is C20H34N4O3. The van der Waals surface area contributed by atoms with E-state index in [9.17, 15) is 15.3 Å². The number of nitrogens with zero attached hydrogens (tertiary/aromatic N) is 3. The average molecular weight is 379 g/mol. The minimum absolute atomic E-state index is 0.00690. The number of nitrogens with one attached hydrogen (secondary N) is 1. The Balaban J connectivity index is 1.75. The molecule has 0 bridgehead atoms. The number of aryl methyl sites for hydroxylation is 1. The molecule has 2 rings (SSSR count). The Labute approximate surface area is 161 Å². The first-order valence-corrected chi connectivity index (χ1v) is 10.2. The predicted molar refractivity (Wildman–Crippen MR) is 104 cm³/mol. The maximum absolute atomic E-state index is 10.3. The molecule has 1 heterocycles. The van der Waals surface area contributed by atoms with Crippen LogP contribution in [0.15, 0.2) is 24.3 Å². The molecular weight excluding hydrogens is 344 g/mol. The van der Waals surface area contributed by atoms with E-state index in [2.05, 4.69) is 39.7 Å². The summed E-state index contributed by atoms with van der Waals surface area (Å²) in [6.45, 7) is 2.14. The van der Waals surface area contributed by atoms with Crippen LogP contribution in [0.5, 0.6) is 0 Å². The topological polar surface area (TPSA) is 115 Å². The van der Waals surface area contributed by atoms with Crippen LogP contribution >= 0.6 is 0 Å². The van der Waals surface area contributed by atoms with Gasteiger partial charge in [-0.15, -0.1) is 10.2 Å². The number of hydrogen-bond donors (Lipinski definition) is 4. The van der Waals surface area contributed by atoms with E-state index in [-0.39, 0.29) is 11.8 Å². The van der Waals surface area contributed by atoms with Crippen LogP contribution in [0, 0.1) is 11.8 Å². The summed E-state index contributed by atoms with van der Waals surface area (Å²) in [7, 11) is 0. The fraction of sp³-hybridized carbons (Fsp3) is 0.750. The number of hydrogen-bond acceptors (Lipinski definition) is 6. The van der Waals surface area contributed by atoms with Crippen molar-refractivity contribution in [2.45, 2.75) is 83.0 Å². The first kappa shape index (κ1) is 21.7. The van der Waals surface area contributed by atoms with Gasteiger partial charge in [-0.3, -0.25) is 0 Å². The van der Waals surface area contributed by atoms with Crippen molar-refractivity contribution in [2.75, 3.05) is 0 Å². The maximum atomic E-state index is 10.3. The van der Waals surface area contributed by atoms with E-state index in [4.69, 9.17) is 0 Å². The predicted octanol–water partition coefficient (Wildman–Crippen LogP) is 2.32. The zero-order valence-corrected chi connectivity index (χ0v) is 16.2. The number of aromatic nitrogens is 4. The van der Waals surface area contributed by atoms with Gasteiger partial charge in [0.1, 0.15) is 0 Å². The standard InChI is InChI=1S/C20H34N4O3/c1-2-3-6-9-15(25)12-13-17-16(18(26)14-19(17)27)10-7-4-5-8-11-20-21-23-24-22-20/h4,7,12-13,15-19,25-27H,2-3,5-6,8-11,14H2,1H3,(H,21,22,23,24)/b7-4-,13-12?. The Morgan fingerprint density at radius 1 is 1.19 bits per heavy atom. The van der Waals surface area contributed by atoms with Gasteiger partial charge in [0.05, 0.1) is 18.3 Å². The van der Waals surface area contributed by atoms with Crippen molar-refractivity contribution in [3.63, 3.8) is 0 Å². The maximum Gasteiger partial charge on any atom is 0.174 e. The number of H-pyrrole nitrogens is 1. The van der Waals surface area contributed by atoms with Crippen molar-refractivity contribution in [1.82, 2.24) is 20.6 Å². The average Bonchev–Trinajstić information content (AvgIpc) is 3.24. The molecule has 1 aromatic heterocycles. The lowest BCUT2D eigenvalue weighted by atomic mass is 9.89. The van der Waals surface area contributed by atoms with Gasteiger partial charge in [-0.1, -0.05) is 55.7 Å². The van der Waals surface area contributed by atoms with Crippen molar-refractivity contribution in [1.29, 1.82) is 0 Å². The number of rotatable bonds is 12. The van der Waals surface area contributed by atoms with Crippen molar-refractivity contribution >= 4 is 0 Å². The number of unbranched alkanes of at least 4 members (excludes halogenated alkanes) is 3. The van der Waals surface area contributed by atoms with E-state index in [1.165, 1.54) is 0 Å². The van der Waals surface area contributed by atoms with E-state index >= 15 is 0 Å². The molecule has 7 heteroatoms. The van der Waals surface area contributed by atoms with Crippen LogP contribution in [0.4, 0.5) is 0 Å². The molecule has 0 saturated heterocycles. The van der Waals surface area contributed by atoms with Gasteiger partial charge in [0, 0.05) is 18.8 Å². The van der Waals surface area contributed by atoms with E-state index in [1.807, 2.05) is 6.08 Å². The second kappa shape index (κ2) is 12.0. The van der Waals surface area contributed by atoms with E-state index in [1.54, 1.807) is 6.08 Å². The smallest absolute Gasteiger partial charge is 0.174 e. The fourth-order valence-electron chi connectivity index (χ4n) is 3.70. The van der Waals surface area contributed by atoms with Crippen molar-refractivity contribution in [3.8, 4) is 0 Å². The summed E-state index contributed by atoms with van der Waals surface area (Å²) in [5, 5.41) is 44.4. The van der Waals surface area contributed by atoms with Crippen LogP contribution in [-0.2, 0) is 6.42 Å². The van der Waals surface area contributed by atoms with Gasteiger partial charge < -0.3 is 15.3 Å². The summed E-state index contributed by atoms with van der Waals surface area (Å²) < 4.78 is 0. The summed E-state index contributed by atoms with van der Waals surface area (Å²) in [5.74, 6) is 0.609. The Morgan fingerprint density at radius 3 is 2.78 bits per heavy atom. The molecule has 4 N–H and O–H groups in total. The number of allylic oxidation sites excluding steroid dienone is 2. The van der Waals surface area contributed by atoms with Gasteiger partial charge in [0.15, 0.2) is 5.82 Å². The van der Waals surface area contributed by atoms with Gasteiger partial charge in [0.25, 0.3) is 0 Å². The third-order valence-corrected chi connectivity index (χ3v) is 5.31. The van der Waals surface area contributed by atoms with E-state index in [0.29, 0.717) is 6.42 Å². The van der Waals surface area contributed by atoms with Crippen LogP contribution < -0.4 is 0 Å². The quantitative estimate of drug-likeness (QED) is 0.328. The highest BCUT2D eigenvalue weighted by molar-refractivity contribution is 5.06. The normalized spacial score (nSPS) is 27.1. The number of aromatic amines is 1. The minimum Gasteiger partial charge on any atom is -0.393 e. The van der Waals surface area contributed by atoms with Crippen LogP contribution in [0.25, 0.3) is 0 Å². The zero-order chi connectivity index (χ0) is 19.5. The van der Waals surface area contributed by atoms with Gasteiger partial charge in [-0.05, 0) is 31.6 Å². The highest BCUT2D eigenvalue weighted by Crippen LogP contribution is 2.36. The number of aliphatic hydroxyl groups is 3. The van der Waals surface area contributed by atoms with Crippen LogP contribution in [-0.4, -0.2) is 54.3 Å². The minimum atomic E-state index is -0.546. The van der Waals surface area contributed by atoms with Crippen LogP contribution in [0.3, 0.4) is 0 Å².